The Balaban J connectivity index is 2.20. The number of unbranched alkanes of at least 4 members (excludes halogenated alkanes) is 1. The molecular weight excluding hydrogens is 436 g/mol. The average Bonchev–Trinajstić information content (AvgIpc) is 2.81. The minimum Gasteiger partial charge on any atom is -0.508 e. The molecule has 8 heteroatoms. The molecule has 2 N–H and O–H groups in total. The number of piperidine rings is 1. The fourth-order valence-corrected chi connectivity index (χ4v) is 3.51. The normalized spacial score (nSPS) is 14.1. The summed E-state index contributed by atoms with van der Waals surface area (Å²) < 4.78 is 5.20. The number of benzene rings is 1. The van der Waals surface area contributed by atoms with Gasteiger partial charge in [0, 0.05) is 25.6 Å². The number of phenols is 2. The number of nitrogens with zero attached hydrogens (tertiary/aromatic N) is 2. The number of hydrogen-bond donors (Lipinski definition) is 2. The number of oxime groups is 1. The molecule has 2 rings (SSSR count). The minimum absolute atomic E-state index is 0.0570. The molecule has 0 saturated carbocycles. The third-order valence-electron chi connectivity index (χ3n) is 5.24. The molecule has 0 spiro atoms. The largest absolute Gasteiger partial charge is 0.508 e. The van der Waals surface area contributed by atoms with Gasteiger partial charge in [0.15, 0.2) is 6.61 Å². The van der Waals surface area contributed by atoms with E-state index in [1.165, 1.54) is 6.07 Å². The van der Waals surface area contributed by atoms with Gasteiger partial charge in [-0.25, -0.2) is 4.79 Å². The highest BCUT2D eigenvalue weighted by Gasteiger charge is 2.21. The lowest BCUT2D eigenvalue weighted by Gasteiger charge is -2.26. The van der Waals surface area contributed by atoms with Crippen LogP contribution in [-0.4, -0.2) is 59.0 Å². The van der Waals surface area contributed by atoms with Crippen molar-refractivity contribution in [1.29, 1.82) is 0 Å². The number of carbonyl (C=O) groups excluding carboxylic acids is 2. The van der Waals surface area contributed by atoms with Gasteiger partial charge in [0.05, 0.1) is 12.3 Å². The van der Waals surface area contributed by atoms with Gasteiger partial charge >= 0.3 is 5.97 Å². The van der Waals surface area contributed by atoms with Crippen LogP contribution in [0.3, 0.4) is 0 Å². The van der Waals surface area contributed by atoms with E-state index in [0.29, 0.717) is 17.7 Å². The molecule has 1 amide bonds. The van der Waals surface area contributed by atoms with Gasteiger partial charge in [0.2, 0.25) is 0 Å². The standard InChI is InChI=1S/C26H34N2O6/c1-3-5-7-9-12-21(27-34-19-24(31)28-13-10-8-11-14-28)16-20-17-22(29)18-23(30)25(20)26(32)33-15-6-4-2/h3-4,9,12,17-18,29-30H,1-2,5-8,10-11,13-16,19H2/b12-9+,27-21-. The van der Waals surface area contributed by atoms with Gasteiger partial charge < -0.3 is 24.7 Å². The molecule has 1 fully saturated rings. The van der Waals surface area contributed by atoms with Crippen LogP contribution < -0.4 is 0 Å². The molecule has 0 radical (unpaired) electrons. The van der Waals surface area contributed by atoms with Crippen LogP contribution in [-0.2, 0) is 20.8 Å². The number of phenolic OH excluding ortho intramolecular Hbond substituents is 2. The molecule has 1 saturated heterocycles. The predicted octanol–water partition coefficient (Wildman–Crippen LogP) is 4.28. The van der Waals surface area contributed by atoms with E-state index < -0.39 is 11.7 Å². The Labute approximate surface area is 200 Å². The van der Waals surface area contributed by atoms with E-state index in [-0.39, 0.29) is 36.9 Å². The molecule has 0 bridgehead atoms. The number of rotatable bonds is 13. The maximum atomic E-state index is 12.6. The molecule has 34 heavy (non-hydrogen) atoms. The molecule has 1 heterocycles. The Morgan fingerprint density at radius 3 is 2.50 bits per heavy atom. The third kappa shape index (κ3) is 8.77. The average molecular weight is 471 g/mol. The first-order valence-electron chi connectivity index (χ1n) is 11.5. The highest BCUT2D eigenvalue weighted by Crippen LogP contribution is 2.29. The SMILES string of the molecule is C=CCC/C=C/C(Cc1cc(O)cc(O)c1C(=O)OCCC=C)=N/OCC(=O)N1CCCCC1. The second kappa shape index (κ2) is 14.6. The summed E-state index contributed by atoms with van der Waals surface area (Å²) >= 11 is 0. The molecule has 1 aromatic rings. The van der Waals surface area contributed by atoms with Crippen molar-refractivity contribution in [3.8, 4) is 11.5 Å². The van der Waals surface area contributed by atoms with E-state index in [2.05, 4.69) is 18.3 Å². The van der Waals surface area contributed by atoms with Crippen molar-refractivity contribution in [2.75, 3.05) is 26.3 Å². The van der Waals surface area contributed by atoms with Crippen molar-refractivity contribution in [2.24, 2.45) is 5.16 Å². The van der Waals surface area contributed by atoms with Crippen molar-refractivity contribution in [3.05, 3.63) is 60.7 Å². The summed E-state index contributed by atoms with van der Waals surface area (Å²) in [6, 6.07) is 2.45. The molecule has 0 aliphatic carbocycles. The Kier molecular flexibility index (Phi) is 11.4. The first kappa shape index (κ1) is 26.7. The van der Waals surface area contributed by atoms with Crippen molar-refractivity contribution >= 4 is 17.6 Å². The van der Waals surface area contributed by atoms with Gasteiger partial charge in [-0.05, 0) is 56.2 Å². The van der Waals surface area contributed by atoms with Crippen LogP contribution in [0.4, 0.5) is 0 Å². The van der Waals surface area contributed by atoms with Gasteiger partial charge in [0.1, 0.15) is 17.1 Å². The van der Waals surface area contributed by atoms with Crippen LogP contribution in [0.5, 0.6) is 11.5 Å². The fraction of sp³-hybridized carbons (Fsp3) is 0.423. The highest BCUT2D eigenvalue weighted by atomic mass is 16.6. The van der Waals surface area contributed by atoms with E-state index in [1.54, 1.807) is 23.1 Å². The zero-order valence-electron chi connectivity index (χ0n) is 19.6. The second-order valence-electron chi connectivity index (χ2n) is 7.95. The molecule has 8 nitrogen and oxygen atoms in total. The lowest BCUT2D eigenvalue weighted by atomic mass is 10.00. The number of esters is 1. The first-order chi connectivity index (χ1) is 16.5. The fourth-order valence-electron chi connectivity index (χ4n) is 3.51. The summed E-state index contributed by atoms with van der Waals surface area (Å²) in [7, 11) is 0. The second-order valence-corrected chi connectivity index (χ2v) is 7.95. The van der Waals surface area contributed by atoms with Gasteiger partial charge in [-0.1, -0.05) is 23.4 Å². The monoisotopic (exact) mass is 470 g/mol. The zero-order chi connectivity index (χ0) is 24.8. The Morgan fingerprint density at radius 1 is 1.06 bits per heavy atom. The van der Waals surface area contributed by atoms with E-state index in [1.807, 2.05) is 6.08 Å². The third-order valence-corrected chi connectivity index (χ3v) is 5.24. The lowest BCUT2D eigenvalue weighted by Crippen LogP contribution is -2.37. The number of hydrogen-bond acceptors (Lipinski definition) is 7. The smallest absolute Gasteiger partial charge is 0.342 e. The minimum atomic E-state index is -0.717. The summed E-state index contributed by atoms with van der Waals surface area (Å²) in [6.45, 7) is 8.65. The summed E-state index contributed by atoms with van der Waals surface area (Å²) in [5.74, 6) is -1.44. The van der Waals surface area contributed by atoms with E-state index in [9.17, 15) is 19.8 Å². The van der Waals surface area contributed by atoms with E-state index >= 15 is 0 Å². The molecule has 0 aromatic heterocycles. The van der Waals surface area contributed by atoms with Crippen molar-refractivity contribution in [1.82, 2.24) is 4.90 Å². The quantitative estimate of drug-likeness (QED) is 0.146. The number of carbonyl (C=O) groups is 2. The van der Waals surface area contributed by atoms with Crippen molar-refractivity contribution in [3.63, 3.8) is 0 Å². The number of allylic oxidation sites excluding steroid dienone is 3. The maximum Gasteiger partial charge on any atom is 0.342 e. The number of amides is 1. The molecule has 0 unspecified atom stereocenters. The number of aromatic hydroxyl groups is 2. The lowest BCUT2D eigenvalue weighted by molar-refractivity contribution is -0.137. The van der Waals surface area contributed by atoms with Crippen molar-refractivity contribution < 1.29 is 29.4 Å². The van der Waals surface area contributed by atoms with Crippen molar-refractivity contribution in [2.45, 2.75) is 44.9 Å². The topological polar surface area (TPSA) is 109 Å². The Hall–Kier alpha value is -3.55. The molecule has 1 aliphatic rings. The van der Waals surface area contributed by atoms with Gasteiger partial charge in [0.25, 0.3) is 5.91 Å². The predicted molar refractivity (Wildman–Crippen MR) is 131 cm³/mol. The van der Waals surface area contributed by atoms with Gasteiger partial charge in [-0.3, -0.25) is 4.79 Å². The van der Waals surface area contributed by atoms with Crippen LogP contribution >= 0.6 is 0 Å². The van der Waals surface area contributed by atoms with Crippen LogP contribution in [0.1, 0.15) is 54.4 Å². The molecule has 0 atom stereocenters. The summed E-state index contributed by atoms with van der Waals surface area (Å²) in [4.78, 5) is 32.1. The van der Waals surface area contributed by atoms with Crippen LogP contribution in [0.25, 0.3) is 0 Å². The summed E-state index contributed by atoms with van der Waals surface area (Å²) in [5, 5.41) is 24.4. The van der Waals surface area contributed by atoms with Crippen LogP contribution in [0, 0.1) is 0 Å². The summed E-state index contributed by atoms with van der Waals surface area (Å²) in [6.07, 6.45) is 12.1. The van der Waals surface area contributed by atoms with E-state index in [4.69, 9.17) is 9.57 Å². The molecule has 1 aliphatic heterocycles. The first-order valence-corrected chi connectivity index (χ1v) is 11.5. The van der Waals surface area contributed by atoms with Crippen LogP contribution in [0.2, 0.25) is 0 Å². The zero-order valence-corrected chi connectivity index (χ0v) is 19.6. The Bertz CT molecular complexity index is 916. The van der Waals surface area contributed by atoms with Gasteiger partial charge in [-0.2, -0.15) is 0 Å². The molecule has 1 aromatic carbocycles. The maximum absolute atomic E-state index is 12.6. The summed E-state index contributed by atoms with van der Waals surface area (Å²) in [5.41, 5.74) is 0.679. The van der Waals surface area contributed by atoms with E-state index in [0.717, 1.165) is 51.3 Å². The number of ether oxygens (including phenoxy) is 1. The number of likely N-dealkylation sites (tertiary alicyclic amines) is 1. The molecule has 184 valence electrons. The Morgan fingerprint density at radius 2 is 1.79 bits per heavy atom. The highest BCUT2D eigenvalue weighted by molar-refractivity contribution is 6.00. The van der Waals surface area contributed by atoms with Gasteiger partial charge in [-0.15, -0.1) is 13.2 Å². The molecular formula is C26H34N2O6. The van der Waals surface area contributed by atoms with Crippen LogP contribution in [0.15, 0.2) is 54.8 Å².